The Labute approximate surface area is 224 Å². The zero-order valence-corrected chi connectivity index (χ0v) is 22.2. The van der Waals surface area contributed by atoms with Gasteiger partial charge in [-0.25, -0.2) is 14.8 Å². The molecule has 0 fully saturated rings. The number of carbonyl (C=O) groups excluding carboxylic acids is 1. The third kappa shape index (κ3) is 6.96. The van der Waals surface area contributed by atoms with Crippen molar-refractivity contribution >= 4 is 46.0 Å². The second-order valence-corrected chi connectivity index (χ2v) is 9.48. The molecule has 0 saturated heterocycles. The SMILES string of the molecule is COc1cc2ncnc(Oc3ccc(NC(=O)OCCCSc4ccc(Cl)cc4C)cc3)c2cc1OC. The van der Waals surface area contributed by atoms with Crippen molar-refractivity contribution in [2.24, 2.45) is 0 Å². The molecule has 0 saturated carbocycles. The highest BCUT2D eigenvalue weighted by atomic mass is 35.5. The quantitative estimate of drug-likeness (QED) is 0.168. The number of ether oxygens (including phenoxy) is 4. The normalized spacial score (nSPS) is 10.7. The first-order chi connectivity index (χ1) is 18.0. The Bertz CT molecular complexity index is 1380. The van der Waals surface area contributed by atoms with Crippen molar-refractivity contribution < 1.29 is 23.7 Å². The van der Waals surface area contributed by atoms with Gasteiger partial charge < -0.3 is 18.9 Å². The summed E-state index contributed by atoms with van der Waals surface area (Å²) in [5.41, 5.74) is 2.38. The molecule has 3 aromatic carbocycles. The molecule has 0 aliphatic heterocycles. The molecular formula is C27H26ClN3O5S. The maximum Gasteiger partial charge on any atom is 0.411 e. The van der Waals surface area contributed by atoms with Crippen LogP contribution in [0.2, 0.25) is 5.02 Å². The Morgan fingerprint density at radius 3 is 2.49 bits per heavy atom. The van der Waals surface area contributed by atoms with Crippen molar-refractivity contribution in [3.8, 4) is 23.1 Å². The van der Waals surface area contributed by atoms with Gasteiger partial charge in [0.2, 0.25) is 5.88 Å². The van der Waals surface area contributed by atoms with E-state index in [0.717, 1.165) is 22.8 Å². The maximum absolute atomic E-state index is 12.1. The molecule has 0 bridgehead atoms. The van der Waals surface area contributed by atoms with Crippen molar-refractivity contribution in [2.75, 3.05) is 31.9 Å². The number of amides is 1. The van der Waals surface area contributed by atoms with Crippen LogP contribution in [0.3, 0.4) is 0 Å². The molecule has 10 heteroatoms. The van der Waals surface area contributed by atoms with Gasteiger partial charge in [-0.05, 0) is 67.4 Å². The first-order valence-electron chi connectivity index (χ1n) is 11.4. The summed E-state index contributed by atoms with van der Waals surface area (Å²) < 4.78 is 22.0. The number of rotatable bonds is 10. The van der Waals surface area contributed by atoms with Crippen LogP contribution >= 0.6 is 23.4 Å². The largest absolute Gasteiger partial charge is 0.493 e. The van der Waals surface area contributed by atoms with Crippen molar-refractivity contribution in [3.63, 3.8) is 0 Å². The fourth-order valence-electron chi connectivity index (χ4n) is 3.49. The minimum absolute atomic E-state index is 0.321. The summed E-state index contributed by atoms with van der Waals surface area (Å²) in [6, 6.07) is 16.3. The molecule has 0 atom stereocenters. The Morgan fingerprint density at radius 2 is 1.76 bits per heavy atom. The predicted octanol–water partition coefficient (Wildman–Crippen LogP) is 7.13. The Morgan fingerprint density at radius 1 is 1.00 bits per heavy atom. The third-order valence-corrected chi connectivity index (χ3v) is 6.83. The summed E-state index contributed by atoms with van der Waals surface area (Å²) in [5, 5.41) is 4.12. The van der Waals surface area contributed by atoms with E-state index in [-0.39, 0.29) is 0 Å². The number of nitrogens with zero attached hydrogens (tertiary/aromatic N) is 2. The van der Waals surface area contributed by atoms with Crippen LogP contribution in [0.1, 0.15) is 12.0 Å². The predicted molar refractivity (Wildman–Crippen MR) is 146 cm³/mol. The fraction of sp³-hybridized carbons (Fsp3) is 0.222. The lowest BCUT2D eigenvalue weighted by Crippen LogP contribution is -2.14. The first kappa shape index (κ1) is 26.4. The van der Waals surface area contributed by atoms with E-state index in [0.29, 0.717) is 46.3 Å². The number of fused-ring (bicyclic) bond motifs is 1. The number of aryl methyl sites for hydroxylation is 1. The summed E-state index contributed by atoms with van der Waals surface area (Å²) >= 11 is 7.71. The van der Waals surface area contributed by atoms with Gasteiger partial charge in [-0.15, -0.1) is 11.8 Å². The molecule has 0 aliphatic rings. The first-order valence-corrected chi connectivity index (χ1v) is 12.8. The van der Waals surface area contributed by atoms with Gasteiger partial charge in [-0.2, -0.15) is 0 Å². The number of hydrogen-bond acceptors (Lipinski definition) is 8. The fourth-order valence-corrected chi connectivity index (χ4v) is 4.65. The third-order valence-electron chi connectivity index (χ3n) is 5.34. The number of thioether (sulfide) groups is 1. The van der Waals surface area contributed by atoms with Gasteiger partial charge in [-0.1, -0.05) is 11.6 Å². The molecule has 1 heterocycles. The number of benzene rings is 3. The monoisotopic (exact) mass is 539 g/mol. The Hall–Kier alpha value is -3.69. The standard InChI is InChI=1S/C27H26ClN3O5S/c1-17-13-18(28)5-10-25(17)37-12-4-11-35-27(32)31-19-6-8-20(9-7-19)36-26-21-14-23(33-2)24(34-3)15-22(21)29-16-30-26/h5-10,13-16H,4,11-12H2,1-3H3,(H,31,32). The van der Waals surface area contributed by atoms with Crippen molar-refractivity contribution in [3.05, 3.63) is 71.5 Å². The van der Waals surface area contributed by atoms with Crippen LogP contribution in [0.25, 0.3) is 10.9 Å². The highest BCUT2D eigenvalue weighted by Crippen LogP contribution is 2.36. The van der Waals surface area contributed by atoms with Gasteiger partial charge in [0, 0.05) is 27.4 Å². The summed E-state index contributed by atoms with van der Waals surface area (Å²) in [6.07, 6.45) is 1.64. The number of aromatic nitrogens is 2. The van der Waals surface area contributed by atoms with Gasteiger partial charge in [0.25, 0.3) is 0 Å². The van der Waals surface area contributed by atoms with E-state index in [1.165, 1.54) is 11.2 Å². The van der Waals surface area contributed by atoms with Gasteiger partial charge in [0.05, 0.1) is 31.7 Å². The van der Waals surface area contributed by atoms with Crippen molar-refractivity contribution in [2.45, 2.75) is 18.2 Å². The number of carbonyl (C=O) groups is 1. The van der Waals surface area contributed by atoms with E-state index in [2.05, 4.69) is 15.3 Å². The van der Waals surface area contributed by atoms with E-state index < -0.39 is 6.09 Å². The zero-order valence-electron chi connectivity index (χ0n) is 20.6. The molecule has 1 amide bonds. The molecule has 4 aromatic rings. The van der Waals surface area contributed by atoms with Gasteiger partial charge in [-0.3, -0.25) is 5.32 Å². The second-order valence-electron chi connectivity index (χ2n) is 7.90. The molecule has 0 spiro atoms. The molecule has 1 aromatic heterocycles. The van der Waals surface area contributed by atoms with Crippen LogP contribution in [-0.2, 0) is 4.74 Å². The number of methoxy groups -OCH3 is 2. The van der Waals surface area contributed by atoms with E-state index in [1.807, 2.05) is 25.1 Å². The average molecular weight is 540 g/mol. The molecule has 4 rings (SSSR count). The van der Waals surface area contributed by atoms with E-state index in [9.17, 15) is 4.79 Å². The molecule has 8 nitrogen and oxygen atoms in total. The molecule has 1 N–H and O–H groups in total. The van der Waals surface area contributed by atoms with Crippen LogP contribution in [0.15, 0.2) is 65.8 Å². The number of halogens is 1. The topological polar surface area (TPSA) is 91.8 Å². The van der Waals surface area contributed by atoms with Gasteiger partial charge in [0.1, 0.15) is 12.1 Å². The molecule has 0 radical (unpaired) electrons. The van der Waals surface area contributed by atoms with Crippen LogP contribution in [0.5, 0.6) is 23.1 Å². The van der Waals surface area contributed by atoms with Crippen molar-refractivity contribution in [1.29, 1.82) is 0 Å². The lowest BCUT2D eigenvalue weighted by molar-refractivity contribution is 0.162. The highest BCUT2D eigenvalue weighted by Gasteiger charge is 2.13. The molecule has 0 unspecified atom stereocenters. The molecule has 37 heavy (non-hydrogen) atoms. The summed E-state index contributed by atoms with van der Waals surface area (Å²) in [5.74, 6) is 2.86. The van der Waals surface area contributed by atoms with Crippen LogP contribution in [0.4, 0.5) is 10.5 Å². The molecular weight excluding hydrogens is 514 g/mol. The molecule has 0 aliphatic carbocycles. The average Bonchev–Trinajstić information content (AvgIpc) is 2.90. The lowest BCUT2D eigenvalue weighted by Gasteiger charge is -2.12. The second kappa shape index (κ2) is 12.5. The number of anilines is 1. The van der Waals surface area contributed by atoms with Crippen LogP contribution in [-0.4, -0.2) is 42.6 Å². The zero-order chi connectivity index (χ0) is 26.2. The van der Waals surface area contributed by atoms with E-state index in [1.54, 1.807) is 62.4 Å². The van der Waals surface area contributed by atoms with Crippen LogP contribution < -0.4 is 19.5 Å². The Kier molecular flexibility index (Phi) is 8.92. The van der Waals surface area contributed by atoms with Gasteiger partial charge >= 0.3 is 6.09 Å². The van der Waals surface area contributed by atoms with Crippen LogP contribution in [0, 0.1) is 6.92 Å². The molecule has 192 valence electrons. The minimum atomic E-state index is -0.510. The van der Waals surface area contributed by atoms with Gasteiger partial charge in [0.15, 0.2) is 11.5 Å². The number of nitrogens with one attached hydrogen (secondary N) is 1. The highest BCUT2D eigenvalue weighted by molar-refractivity contribution is 7.99. The smallest absolute Gasteiger partial charge is 0.411 e. The lowest BCUT2D eigenvalue weighted by atomic mass is 10.2. The minimum Gasteiger partial charge on any atom is -0.493 e. The maximum atomic E-state index is 12.1. The summed E-state index contributed by atoms with van der Waals surface area (Å²) in [6.45, 7) is 2.35. The van der Waals surface area contributed by atoms with E-state index in [4.69, 9.17) is 30.5 Å². The summed E-state index contributed by atoms with van der Waals surface area (Å²) in [4.78, 5) is 21.9. The summed E-state index contributed by atoms with van der Waals surface area (Å²) in [7, 11) is 3.13. The Balaban J connectivity index is 1.28. The van der Waals surface area contributed by atoms with Crippen molar-refractivity contribution in [1.82, 2.24) is 9.97 Å². The van der Waals surface area contributed by atoms with E-state index >= 15 is 0 Å². The number of hydrogen-bond donors (Lipinski definition) is 1.